The monoisotopic (exact) mass is 182 g/mol. The molecule has 0 saturated heterocycles. The van der Waals surface area contributed by atoms with E-state index in [0.717, 1.165) is 12.8 Å². The molecule has 0 spiro atoms. The molecule has 0 aliphatic heterocycles. The summed E-state index contributed by atoms with van der Waals surface area (Å²) in [4.78, 5) is 0. The predicted octanol–water partition coefficient (Wildman–Crippen LogP) is 3.14. The summed E-state index contributed by atoms with van der Waals surface area (Å²) in [6, 6.07) is 0. The summed E-state index contributed by atoms with van der Waals surface area (Å²) in [5.74, 6) is 1.13. The summed E-state index contributed by atoms with van der Waals surface area (Å²) in [5.41, 5.74) is 2.72. The third-order valence-corrected chi connectivity index (χ3v) is 3.60. The van der Waals surface area contributed by atoms with Crippen LogP contribution in [0.3, 0.4) is 0 Å². The normalized spacial score (nSPS) is 35.3. The second kappa shape index (κ2) is 4.28. The van der Waals surface area contributed by atoms with Crippen LogP contribution < -0.4 is 0 Å². The van der Waals surface area contributed by atoms with E-state index < -0.39 is 0 Å². The topological polar surface area (TPSA) is 20.2 Å². The number of aliphatic hydroxyl groups excluding tert-OH is 1. The quantitative estimate of drug-likeness (QED) is 0.650. The Morgan fingerprint density at radius 3 is 2.46 bits per heavy atom. The van der Waals surface area contributed by atoms with Gasteiger partial charge in [0.2, 0.25) is 0 Å². The maximum atomic E-state index is 10.1. The van der Waals surface area contributed by atoms with E-state index in [1.165, 1.54) is 17.6 Å². The SMILES string of the molecule is CCC1=C(C)C(O)C(CC)C(C)C1. The van der Waals surface area contributed by atoms with Gasteiger partial charge in [0.25, 0.3) is 0 Å². The van der Waals surface area contributed by atoms with Gasteiger partial charge in [0.15, 0.2) is 0 Å². The molecular weight excluding hydrogens is 160 g/mol. The summed E-state index contributed by atoms with van der Waals surface area (Å²) in [6.07, 6.45) is 3.21. The largest absolute Gasteiger partial charge is 0.388 e. The van der Waals surface area contributed by atoms with Crippen LogP contribution in [0.4, 0.5) is 0 Å². The van der Waals surface area contributed by atoms with Gasteiger partial charge in [-0.15, -0.1) is 0 Å². The van der Waals surface area contributed by atoms with Crippen LogP contribution in [0.5, 0.6) is 0 Å². The van der Waals surface area contributed by atoms with Crippen molar-refractivity contribution in [1.29, 1.82) is 0 Å². The molecule has 0 radical (unpaired) electrons. The number of rotatable bonds is 2. The van der Waals surface area contributed by atoms with Gasteiger partial charge in [-0.2, -0.15) is 0 Å². The van der Waals surface area contributed by atoms with E-state index in [0.29, 0.717) is 11.8 Å². The highest BCUT2D eigenvalue weighted by Crippen LogP contribution is 2.36. The molecule has 1 nitrogen and oxygen atoms in total. The first kappa shape index (κ1) is 10.8. The molecule has 0 aromatic rings. The second-order valence-corrected chi connectivity index (χ2v) is 4.34. The molecule has 3 unspecified atom stereocenters. The molecule has 1 rings (SSSR count). The van der Waals surface area contributed by atoms with Crippen LogP contribution in [0.1, 0.15) is 47.0 Å². The molecule has 13 heavy (non-hydrogen) atoms. The zero-order chi connectivity index (χ0) is 10.0. The average Bonchev–Trinajstić information content (AvgIpc) is 2.12. The lowest BCUT2D eigenvalue weighted by Gasteiger charge is -2.35. The number of hydrogen-bond acceptors (Lipinski definition) is 1. The van der Waals surface area contributed by atoms with Crippen molar-refractivity contribution in [3.8, 4) is 0 Å². The van der Waals surface area contributed by atoms with Gasteiger partial charge in [0, 0.05) is 0 Å². The van der Waals surface area contributed by atoms with Crippen molar-refractivity contribution < 1.29 is 5.11 Å². The van der Waals surface area contributed by atoms with Crippen molar-refractivity contribution in [2.75, 3.05) is 0 Å². The Morgan fingerprint density at radius 2 is 2.00 bits per heavy atom. The van der Waals surface area contributed by atoms with Crippen LogP contribution in [0.15, 0.2) is 11.1 Å². The molecule has 1 heteroatoms. The molecule has 0 aromatic carbocycles. The van der Waals surface area contributed by atoms with Crippen LogP contribution >= 0.6 is 0 Å². The smallest absolute Gasteiger partial charge is 0.0780 e. The van der Waals surface area contributed by atoms with Crippen molar-refractivity contribution in [2.24, 2.45) is 11.8 Å². The van der Waals surface area contributed by atoms with Crippen molar-refractivity contribution in [3.63, 3.8) is 0 Å². The third-order valence-electron chi connectivity index (χ3n) is 3.60. The molecule has 0 amide bonds. The first-order chi connectivity index (χ1) is 6.11. The van der Waals surface area contributed by atoms with Crippen molar-refractivity contribution in [3.05, 3.63) is 11.1 Å². The molecule has 0 heterocycles. The van der Waals surface area contributed by atoms with Crippen LogP contribution in [0.2, 0.25) is 0 Å². The van der Waals surface area contributed by atoms with E-state index in [2.05, 4.69) is 27.7 Å². The zero-order valence-corrected chi connectivity index (χ0v) is 9.30. The summed E-state index contributed by atoms with van der Waals surface area (Å²) in [7, 11) is 0. The van der Waals surface area contributed by atoms with Gasteiger partial charge in [-0.05, 0) is 37.2 Å². The Hall–Kier alpha value is -0.300. The highest BCUT2D eigenvalue weighted by atomic mass is 16.3. The number of hydrogen-bond donors (Lipinski definition) is 1. The highest BCUT2D eigenvalue weighted by molar-refractivity contribution is 5.21. The van der Waals surface area contributed by atoms with E-state index in [-0.39, 0.29) is 6.10 Å². The van der Waals surface area contributed by atoms with Crippen molar-refractivity contribution >= 4 is 0 Å². The second-order valence-electron chi connectivity index (χ2n) is 4.34. The molecule has 0 fully saturated rings. The maximum absolute atomic E-state index is 10.1. The van der Waals surface area contributed by atoms with Crippen LogP contribution in [0.25, 0.3) is 0 Å². The van der Waals surface area contributed by atoms with Gasteiger partial charge >= 0.3 is 0 Å². The van der Waals surface area contributed by atoms with E-state index in [4.69, 9.17) is 0 Å². The fraction of sp³-hybridized carbons (Fsp3) is 0.833. The average molecular weight is 182 g/mol. The van der Waals surface area contributed by atoms with Gasteiger partial charge < -0.3 is 5.11 Å². The van der Waals surface area contributed by atoms with Gasteiger partial charge in [-0.3, -0.25) is 0 Å². The minimum Gasteiger partial charge on any atom is -0.388 e. The molecule has 0 bridgehead atoms. The van der Waals surface area contributed by atoms with Crippen molar-refractivity contribution in [1.82, 2.24) is 0 Å². The van der Waals surface area contributed by atoms with Crippen molar-refractivity contribution in [2.45, 2.75) is 53.1 Å². The number of aliphatic hydroxyl groups is 1. The molecule has 1 N–H and O–H groups in total. The first-order valence-electron chi connectivity index (χ1n) is 5.48. The lowest BCUT2D eigenvalue weighted by Crippen LogP contribution is -2.32. The third kappa shape index (κ3) is 1.96. The minimum absolute atomic E-state index is 0.177. The summed E-state index contributed by atoms with van der Waals surface area (Å²) in [6.45, 7) is 8.72. The molecule has 76 valence electrons. The van der Waals surface area contributed by atoms with Gasteiger partial charge in [0.1, 0.15) is 0 Å². The lowest BCUT2D eigenvalue weighted by atomic mass is 9.73. The Bertz CT molecular complexity index is 205. The Kier molecular flexibility index (Phi) is 3.55. The molecule has 1 aliphatic carbocycles. The zero-order valence-electron chi connectivity index (χ0n) is 9.30. The Morgan fingerprint density at radius 1 is 1.38 bits per heavy atom. The maximum Gasteiger partial charge on any atom is 0.0780 e. The van der Waals surface area contributed by atoms with E-state index >= 15 is 0 Å². The van der Waals surface area contributed by atoms with Crippen LogP contribution in [-0.2, 0) is 0 Å². The predicted molar refractivity (Wildman–Crippen MR) is 56.6 cm³/mol. The molecule has 3 atom stereocenters. The van der Waals surface area contributed by atoms with Gasteiger partial charge in [-0.1, -0.05) is 32.8 Å². The number of allylic oxidation sites excluding steroid dienone is 1. The fourth-order valence-corrected chi connectivity index (χ4v) is 2.59. The molecule has 1 aliphatic rings. The van der Waals surface area contributed by atoms with Crippen LogP contribution in [-0.4, -0.2) is 11.2 Å². The van der Waals surface area contributed by atoms with E-state index in [9.17, 15) is 5.11 Å². The summed E-state index contributed by atoms with van der Waals surface area (Å²) < 4.78 is 0. The van der Waals surface area contributed by atoms with Gasteiger partial charge in [0.05, 0.1) is 6.10 Å². The molecule has 0 aromatic heterocycles. The van der Waals surface area contributed by atoms with Gasteiger partial charge in [-0.25, -0.2) is 0 Å². The summed E-state index contributed by atoms with van der Waals surface area (Å²) >= 11 is 0. The fourth-order valence-electron chi connectivity index (χ4n) is 2.59. The van der Waals surface area contributed by atoms with E-state index in [1.54, 1.807) is 0 Å². The Balaban J connectivity index is 2.87. The highest BCUT2D eigenvalue weighted by Gasteiger charge is 2.30. The molecule has 0 saturated carbocycles. The standard InChI is InChI=1S/C12H22O/c1-5-10-7-8(3)11(6-2)12(13)9(10)4/h8,11-13H,5-7H2,1-4H3. The summed E-state index contributed by atoms with van der Waals surface area (Å²) in [5, 5.41) is 10.1. The lowest BCUT2D eigenvalue weighted by molar-refractivity contribution is 0.0910. The Labute approximate surface area is 81.9 Å². The first-order valence-corrected chi connectivity index (χ1v) is 5.48. The molecular formula is C12H22O. The van der Waals surface area contributed by atoms with E-state index in [1.807, 2.05) is 0 Å². The minimum atomic E-state index is -0.177. The van der Waals surface area contributed by atoms with Crippen LogP contribution in [0, 0.1) is 11.8 Å².